The normalized spacial score (nSPS) is 16.5. The molecule has 1 aliphatic rings. The van der Waals surface area contributed by atoms with Gasteiger partial charge in [-0.3, -0.25) is 0 Å². The Morgan fingerprint density at radius 2 is 1.29 bits per heavy atom. The van der Waals surface area contributed by atoms with Crippen molar-refractivity contribution in [3.05, 3.63) is 96.1 Å². The van der Waals surface area contributed by atoms with E-state index in [1.807, 2.05) is 11.3 Å². The van der Waals surface area contributed by atoms with Crippen LogP contribution in [-0.2, 0) is 10.8 Å². The molecule has 0 fully saturated rings. The van der Waals surface area contributed by atoms with Crippen molar-refractivity contribution in [1.29, 1.82) is 0 Å². The van der Waals surface area contributed by atoms with Gasteiger partial charge in [-0.25, -0.2) is 0 Å². The third-order valence-electron chi connectivity index (χ3n) is 7.72. The molecule has 0 radical (unpaired) electrons. The average molecular weight is 462 g/mol. The van der Waals surface area contributed by atoms with Crippen LogP contribution in [0.15, 0.2) is 84.9 Å². The van der Waals surface area contributed by atoms with Crippen molar-refractivity contribution in [1.82, 2.24) is 0 Å². The zero-order valence-corrected chi connectivity index (χ0v) is 21.2. The molecular weight excluding hydrogens is 430 g/mol. The van der Waals surface area contributed by atoms with Gasteiger partial charge in [0, 0.05) is 31.5 Å². The van der Waals surface area contributed by atoms with E-state index in [4.69, 9.17) is 0 Å². The third-order valence-corrected chi connectivity index (χ3v) is 8.85. The van der Waals surface area contributed by atoms with Crippen molar-refractivity contribution in [2.75, 3.05) is 5.32 Å². The van der Waals surface area contributed by atoms with Crippen LogP contribution in [-0.4, -0.2) is 0 Å². The molecule has 4 aromatic carbocycles. The van der Waals surface area contributed by atoms with E-state index in [1.165, 1.54) is 55.3 Å². The highest BCUT2D eigenvalue weighted by atomic mass is 32.1. The Bertz CT molecular complexity index is 1540. The second kappa shape index (κ2) is 7.71. The third kappa shape index (κ3) is 3.61. The Morgan fingerprint density at radius 3 is 2.15 bits per heavy atom. The van der Waals surface area contributed by atoms with Crippen molar-refractivity contribution in [2.45, 2.75) is 51.4 Å². The zero-order chi connectivity index (χ0) is 23.5. The highest BCUT2D eigenvalue weighted by Crippen LogP contribution is 2.47. The van der Waals surface area contributed by atoms with Crippen molar-refractivity contribution in [3.8, 4) is 11.1 Å². The molecule has 1 aromatic heterocycles. The number of thiophene rings is 1. The molecule has 1 N–H and O–H groups in total. The minimum Gasteiger partial charge on any atom is -0.355 e. The van der Waals surface area contributed by atoms with E-state index in [-0.39, 0.29) is 10.8 Å². The Balaban J connectivity index is 1.34. The average Bonchev–Trinajstić information content (AvgIpc) is 3.20. The minimum absolute atomic E-state index is 0.219. The van der Waals surface area contributed by atoms with Crippen LogP contribution in [0.25, 0.3) is 31.3 Å². The van der Waals surface area contributed by atoms with E-state index in [0.717, 1.165) is 11.4 Å². The summed E-state index contributed by atoms with van der Waals surface area (Å²) in [4.78, 5) is 0. The van der Waals surface area contributed by atoms with Crippen molar-refractivity contribution < 1.29 is 0 Å². The molecule has 0 aliphatic heterocycles. The zero-order valence-electron chi connectivity index (χ0n) is 20.4. The predicted octanol–water partition coefficient (Wildman–Crippen LogP) is 9.81. The van der Waals surface area contributed by atoms with Crippen LogP contribution in [0.4, 0.5) is 11.4 Å². The number of nitrogens with one attached hydrogen (secondary N) is 1. The Hall–Kier alpha value is -3.10. The second-order valence-electron chi connectivity index (χ2n) is 11.0. The van der Waals surface area contributed by atoms with Gasteiger partial charge in [0.15, 0.2) is 0 Å². The molecule has 0 bridgehead atoms. The van der Waals surface area contributed by atoms with E-state index in [9.17, 15) is 0 Å². The summed E-state index contributed by atoms with van der Waals surface area (Å²) in [6, 6.07) is 31.3. The van der Waals surface area contributed by atoms with Crippen LogP contribution in [0.2, 0.25) is 0 Å². The Labute approximate surface area is 206 Å². The van der Waals surface area contributed by atoms with Crippen LogP contribution >= 0.6 is 11.3 Å². The summed E-state index contributed by atoms with van der Waals surface area (Å²) < 4.78 is 2.66. The lowest BCUT2D eigenvalue weighted by Crippen LogP contribution is -2.33. The molecule has 2 heteroatoms. The fraction of sp³-hybridized carbons (Fsp3) is 0.250. The summed E-state index contributed by atoms with van der Waals surface area (Å²) in [5.74, 6) is 0. The van der Waals surface area contributed by atoms with Crippen LogP contribution in [0.3, 0.4) is 0 Å². The molecule has 0 saturated heterocycles. The van der Waals surface area contributed by atoms with Crippen molar-refractivity contribution in [3.63, 3.8) is 0 Å². The summed E-state index contributed by atoms with van der Waals surface area (Å²) in [6.07, 6.45) is 2.48. The number of anilines is 2. The second-order valence-corrected chi connectivity index (χ2v) is 12.1. The molecular formula is C32H31NS. The van der Waals surface area contributed by atoms with E-state index < -0.39 is 0 Å². The first kappa shape index (κ1) is 21.4. The summed E-state index contributed by atoms with van der Waals surface area (Å²) >= 11 is 1.86. The quantitative estimate of drug-likeness (QED) is 0.282. The van der Waals surface area contributed by atoms with Gasteiger partial charge in [0.05, 0.1) is 0 Å². The molecule has 1 aliphatic carbocycles. The first-order chi connectivity index (χ1) is 16.3. The number of fused-ring (bicyclic) bond motifs is 4. The van der Waals surface area contributed by atoms with Crippen LogP contribution < -0.4 is 5.32 Å². The molecule has 1 nitrogen and oxygen atoms in total. The lowest BCUT2D eigenvalue weighted by Gasteiger charge is -2.42. The molecule has 5 aromatic rings. The minimum atomic E-state index is 0.219. The highest BCUT2D eigenvalue weighted by molar-refractivity contribution is 7.25. The summed E-state index contributed by atoms with van der Waals surface area (Å²) in [5.41, 5.74) is 8.30. The maximum absolute atomic E-state index is 3.65. The number of hydrogen-bond acceptors (Lipinski definition) is 2. The standard InChI is InChI=1S/C32H31NS/c1-31(2)16-17-32(3,4)28-19-22(12-15-27(28)31)21-8-7-9-23(18-21)33-24-13-14-26-25-10-5-6-11-29(25)34-30(26)20-24/h5-15,18-20,33H,16-17H2,1-4H3. The molecule has 34 heavy (non-hydrogen) atoms. The maximum atomic E-state index is 3.65. The number of hydrogen-bond donors (Lipinski definition) is 1. The molecule has 0 atom stereocenters. The number of benzene rings is 4. The van der Waals surface area contributed by atoms with Gasteiger partial charge in [0.2, 0.25) is 0 Å². The summed E-state index contributed by atoms with van der Waals surface area (Å²) in [7, 11) is 0. The van der Waals surface area contributed by atoms with Gasteiger partial charge in [-0.2, -0.15) is 0 Å². The fourth-order valence-corrected chi connectivity index (χ4v) is 6.66. The molecule has 0 unspecified atom stereocenters. The van der Waals surface area contributed by atoms with Crippen molar-refractivity contribution >= 4 is 42.9 Å². The molecule has 1 heterocycles. The Kier molecular flexibility index (Phi) is 4.86. The van der Waals surface area contributed by atoms with E-state index in [2.05, 4.69) is 118 Å². The van der Waals surface area contributed by atoms with E-state index in [1.54, 1.807) is 0 Å². The first-order valence-electron chi connectivity index (χ1n) is 12.2. The van der Waals surface area contributed by atoms with Crippen LogP contribution in [0.1, 0.15) is 51.7 Å². The van der Waals surface area contributed by atoms with Gasteiger partial charge < -0.3 is 5.32 Å². The molecule has 0 saturated carbocycles. The molecule has 0 amide bonds. The highest BCUT2D eigenvalue weighted by Gasteiger charge is 2.36. The topological polar surface area (TPSA) is 12.0 Å². The fourth-order valence-electron chi connectivity index (χ4n) is 5.52. The SMILES string of the molecule is CC1(C)CCC(C)(C)c2cc(-c3cccc(Nc4ccc5c(c4)sc4ccccc45)c3)ccc21. The number of rotatable bonds is 3. The molecule has 170 valence electrons. The van der Waals surface area contributed by atoms with Gasteiger partial charge in [0.25, 0.3) is 0 Å². The van der Waals surface area contributed by atoms with Crippen LogP contribution in [0, 0.1) is 0 Å². The van der Waals surface area contributed by atoms with Gasteiger partial charge in [-0.1, -0.05) is 82.3 Å². The maximum Gasteiger partial charge on any atom is 0.0398 e. The lowest BCUT2D eigenvalue weighted by atomic mass is 9.63. The molecule has 6 rings (SSSR count). The van der Waals surface area contributed by atoms with E-state index >= 15 is 0 Å². The molecule has 0 spiro atoms. The van der Waals surface area contributed by atoms with Crippen molar-refractivity contribution in [2.24, 2.45) is 0 Å². The smallest absolute Gasteiger partial charge is 0.0398 e. The van der Waals surface area contributed by atoms with Gasteiger partial charge in [0.1, 0.15) is 0 Å². The predicted molar refractivity (Wildman–Crippen MR) is 150 cm³/mol. The monoisotopic (exact) mass is 461 g/mol. The largest absolute Gasteiger partial charge is 0.355 e. The summed E-state index contributed by atoms with van der Waals surface area (Å²) in [6.45, 7) is 9.57. The first-order valence-corrected chi connectivity index (χ1v) is 13.1. The van der Waals surface area contributed by atoms with Crippen LogP contribution in [0.5, 0.6) is 0 Å². The van der Waals surface area contributed by atoms with Gasteiger partial charge >= 0.3 is 0 Å². The summed E-state index contributed by atoms with van der Waals surface area (Å²) in [5, 5.41) is 6.32. The van der Waals surface area contributed by atoms with E-state index in [0.29, 0.717) is 0 Å². The van der Waals surface area contributed by atoms with Gasteiger partial charge in [-0.15, -0.1) is 11.3 Å². The van der Waals surface area contributed by atoms with Gasteiger partial charge in [-0.05, 0) is 76.3 Å². The Morgan fingerprint density at radius 1 is 0.588 bits per heavy atom. The lowest BCUT2D eigenvalue weighted by molar-refractivity contribution is 0.332.